The van der Waals surface area contributed by atoms with Gasteiger partial charge in [0.1, 0.15) is 6.04 Å². The monoisotopic (exact) mass is 364 g/mol. The lowest BCUT2D eigenvalue weighted by molar-refractivity contribution is -0.145. The van der Waals surface area contributed by atoms with E-state index in [1.54, 1.807) is 24.3 Å². The van der Waals surface area contributed by atoms with Crippen molar-refractivity contribution in [3.05, 3.63) is 71.3 Å². The summed E-state index contributed by atoms with van der Waals surface area (Å²) < 4.78 is 5.43. The lowest BCUT2D eigenvalue weighted by Gasteiger charge is -2.29. The van der Waals surface area contributed by atoms with Crippen LogP contribution < -0.4 is 5.32 Å². The Morgan fingerprint density at radius 1 is 1.07 bits per heavy atom. The molecule has 6 heteroatoms. The van der Waals surface area contributed by atoms with Crippen LogP contribution in [0.25, 0.3) is 0 Å². The van der Waals surface area contributed by atoms with Crippen molar-refractivity contribution in [2.75, 3.05) is 6.54 Å². The van der Waals surface area contributed by atoms with Gasteiger partial charge in [-0.25, -0.2) is 4.79 Å². The van der Waals surface area contributed by atoms with E-state index in [1.165, 1.54) is 4.90 Å². The van der Waals surface area contributed by atoms with Crippen molar-refractivity contribution >= 4 is 17.8 Å². The van der Waals surface area contributed by atoms with E-state index in [0.29, 0.717) is 30.5 Å². The average Bonchev–Trinajstić information content (AvgIpc) is 3.23. The van der Waals surface area contributed by atoms with E-state index in [1.807, 2.05) is 30.3 Å². The molecule has 2 aromatic rings. The second-order valence-electron chi connectivity index (χ2n) is 6.73. The van der Waals surface area contributed by atoms with Gasteiger partial charge in [-0.1, -0.05) is 48.5 Å². The van der Waals surface area contributed by atoms with Crippen LogP contribution in [0.5, 0.6) is 0 Å². The zero-order valence-electron chi connectivity index (χ0n) is 14.8. The smallest absolute Gasteiger partial charge is 0.340 e. The van der Waals surface area contributed by atoms with Gasteiger partial charge in [-0.05, 0) is 24.5 Å². The lowest BCUT2D eigenvalue weighted by Crippen LogP contribution is -2.46. The fourth-order valence-electron chi connectivity index (χ4n) is 3.68. The second kappa shape index (κ2) is 7.23. The van der Waals surface area contributed by atoms with Gasteiger partial charge in [-0.15, -0.1) is 0 Å². The number of rotatable bonds is 5. The Balaban J connectivity index is 1.46. The van der Waals surface area contributed by atoms with Gasteiger partial charge in [-0.2, -0.15) is 0 Å². The van der Waals surface area contributed by atoms with Gasteiger partial charge in [0.05, 0.1) is 5.56 Å². The summed E-state index contributed by atoms with van der Waals surface area (Å²) in [6.07, 6.45) is 0.585. The normalized spacial score (nSPS) is 21.1. The predicted octanol–water partition coefficient (Wildman–Crippen LogP) is 2.21. The number of carbonyl (C=O) groups excluding carboxylic acids is 3. The Bertz CT molecular complexity index is 881. The number of fused-ring (bicyclic) bond motifs is 1. The number of amides is 2. The van der Waals surface area contributed by atoms with Gasteiger partial charge < -0.3 is 10.1 Å². The van der Waals surface area contributed by atoms with Crippen LogP contribution >= 0.6 is 0 Å². The van der Waals surface area contributed by atoms with Gasteiger partial charge in [0.25, 0.3) is 0 Å². The minimum atomic E-state index is -0.825. The minimum absolute atomic E-state index is 0.173. The van der Waals surface area contributed by atoms with Crippen LogP contribution in [0.15, 0.2) is 54.6 Å². The third-order valence-electron chi connectivity index (χ3n) is 5.03. The molecule has 6 nitrogen and oxygen atoms in total. The lowest BCUT2D eigenvalue weighted by atomic mass is 10.1. The third-order valence-corrected chi connectivity index (χ3v) is 5.03. The number of cyclic esters (lactones) is 1. The summed E-state index contributed by atoms with van der Waals surface area (Å²) in [6.45, 7) is 0.489. The molecule has 2 heterocycles. The summed E-state index contributed by atoms with van der Waals surface area (Å²) in [4.78, 5) is 38.6. The summed E-state index contributed by atoms with van der Waals surface area (Å²) in [7, 11) is 0. The number of ether oxygens (including phenoxy) is 1. The summed E-state index contributed by atoms with van der Waals surface area (Å²) in [5, 5.41) is 2.91. The molecular weight excluding hydrogens is 344 g/mol. The molecule has 1 N–H and O–H groups in total. The zero-order valence-corrected chi connectivity index (χ0v) is 14.8. The van der Waals surface area contributed by atoms with E-state index in [4.69, 9.17) is 4.74 Å². The van der Waals surface area contributed by atoms with E-state index < -0.39 is 18.2 Å². The van der Waals surface area contributed by atoms with Gasteiger partial charge in [0, 0.05) is 18.5 Å². The Morgan fingerprint density at radius 2 is 1.81 bits per heavy atom. The molecule has 0 bridgehead atoms. The SMILES string of the molecule is O=C1O[C@@H](N2C(=O)CC[C@@H]2C(=O)NCCc2ccccc2)c2ccccc21. The highest BCUT2D eigenvalue weighted by Gasteiger charge is 2.46. The average molecular weight is 364 g/mol. The molecule has 1 saturated heterocycles. The van der Waals surface area contributed by atoms with Gasteiger partial charge >= 0.3 is 5.97 Å². The van der Waals surface area contributed by atoms with Crippen molar-refractivity contribution in [1.82, 2.24) is 10.2 Å². The van der Waals surface area contributed by atoms with Crippen LogP contribution in [0.1, 0.15) is 40.6 Å². The van der Waals surface area contributed by atoms with Crippen molar-refractivity contribution in [3.63, 3.8) is 0 Å². The molecule has 2 aromatic carbocycles. The number of hydrogen-bond donors (Lipinski definition) is 1. The van der Waals surface area contributed by atoms with Crippen LogP contribution in [0, 0.1) is 0 Å². The van der Waals surface area contributed by atoms with Crippen molar-refractivity contribution < 1.29 is 19.1 Å². The quantitative estimate of drug-likeness (QED) is 0.826. The molecule has 0 unspecified atom stereocenters. The molecular formula is C21H20N2O4. The van der Waals surface area contributed by atoms with Crippen LogP contribution in [0.3, 0.4) is 0 Å². The van der Waals surface area contributed by atoms with Crippen LogP contribution in [0.4, 0.5) is 0 Å². The third kappa shape index (κ3) is 3.30. The molecule has 2 aliphatic heterocycles. The maximum Gasteiger partial charge on any atom is 0.340 e. The zero-order chi connectivity index (χ0) is 18.8. The number of carbonyl (C=O) groups is 3. The van der Waals surface area contributed by atoms with Crippen molar-refractivity contribution in [2.24, 2.45) is 0 Å². The molecule has 0 saturated carbocycles. The fourth-order valence-corrected chi connectivity index (χ4v) is 3.68. The fraction of sp³-hybridized carbons (Fsp3) is 0.286. The number of nitrogens with one attached hydrogen (secondary N) is 1. The first kappa shape index (κ1) is 17.3. The van der Waals surface area contributed by atoms with E-state index in [9.17, 15) is 14.4 Å². The molecule has 27 heavy (non-hydrogen) atoms. The summed E-state index contributed by atoms with van der Waals surface area (Å²) in [5.41, 5.74) is 2.22. The molecule has 4 rings (SSSR count). The van der Waals surface area contributed by atoms with Gasteiger partial charge in [0.15, 0.2) is 0 Å². The van der Waals surface area contributed by atoms with Crippen LogP contribution in [-0.2, 0) is 20.7 Å². The standard InChI is InChI=1S/C21H20N2O4/c24-18-11-10-17(19(25)22-13-12-14-6-2-1-3-7-14)23(18)20-15-8-4-5-9-16(15)21(26)27-20/h1-9,17,20H,10-13H2,(H,22,25)/t17-,20-/m1/s1. The highest BCUT2D eigenvalue weighted by Crippen LogP contribution is 2.38. The van der Waals surface area contributed by atoms with E-state index >= 15 is 0 Å². The van der Waals surface area contributed by atoms with Crippen LogP contribution in [-0.4, -0.2) is 35.3 Å². The van der Waals surface area contributed by atoms with Gasteiger partial charge in [0.2, 0.25) is 18.0 Å². The minimum Gasteiger partial charge on any atom is -0.433 e. The first-order valence-electron chi connectivity index (χ1n) is 9.08. The second-order valence-corrected chi connectivity index (χ2v) is 6.73. The molecule has 1 fully saturated rings. The summed E-state index contributed by atoms with van der Waals surface area (Å²) >= 11 is 0. The van der Waals surface area contributed by atoms with Crippen molar-refractivity contribution in [3.8, 4) is 0 Å². The summed E-state index contributed by atoms with van der Waals surface area (Å²) in [5.74, 6) is -0.844. The number of hydrogen-bond acceptors (Lipinski definition) is 4. The number of benzene rings is 2. The molecule has 2 atom stereocenters. The first-order chi connectivity index (χ1) is 13.1. The van der Waals surface area contributed by atoms with Crippen LogP contribution in [0.2, 0.25) is 0 Å². The number of nitrogens with zero attached hydrogens (tertiary/aromatic N) is 1. The van der Waals surface area contributed by atoms with E-state index in [2.05, 4.69) is 5.32 Å². The molecule has 2 aliphatic rings. The van der Waals surface area contributed by atoms with Gasteiger partial charge in [-0.3, -0.25) is 14.5 Å². The highest BCUT2D eigenvalue weighted by atomic mass is 16.6. The molecule has 0 aliphatic carbocycles. The Morgan fingerprint density at radius 3 is 2.63 bits per heavy atom. The highest BCUT2D eigenvalue weighted by molar-refractivity contribution is 5.96. The maximum atomic E-state index is 12.7. The van der Waals surface area contributed by atoms with Crippen molar-refractivity contribution in [1.29, 1.82) is 0 Å². The Kier molecular flexibility index (Phi) is 4.62. The topological polar surface area (TPSA) is 75.7 Å². The molecule has 138 valence electrons. The van der Waals surface area contributed by atoms with E-state index in [0.717, 1.165) is 5.56 Å². The number of likely N-dealkylation sites (tertiary alicyclic amines) is 1. The first-order valence-corrected chi connectivity index (χ1v) is 9.08. The van der Waals surface area contributed by atoms with Crippen molar-refractivity contribution in [2.45, 2.75) is 31.5 Å². The molecule has 0 radical (unpaired) electrons. The predicted molar refractivity (Wildman–Crippen MR) is 97.6 cm³/mol. The molecule has 0 spiro atoms. The molecule has 2 amide bonds. The largest absolute Gasteiger partial charge is 0.433 e. The molecule has 0 aromatic heterocycles. The Labute approximate surface area is 157 Å². The van der Waals surface area contributed by atoms with E-state index in [-0.39, 0.29) is 18.2 Å². The maximum absolute atomic E-state index is 12.7. The Hall–Kier alpha value is -3.15. The summed E-state index contributed by atoms with van der Waals surface area (Å²) in [6, 6.07) is 16.2. The number of esters is 1.